The van der Waals surface area contributed by atoms with E-state index in [1.54, 1.807) is 12.1 Å². The molecule has 6 nitrogen and oxygen atoms in total. The van der Waals surface area contributed by atoms with Crippen molar-refractivity contribution in [3.8, 4) is 0 Å². The Balaban J connectivity index is 1.84. The van der Waals surface area contributed by atoms with Crippen LogP contribution in [0.3, 0.4) is 0 Å². The van der Waals surface area contributed by atoms with Crippen molar-refractivity contribution in [3.05, 3.63) is 23.8 Å². The SMILES string of the molecule is O=C1CC(=O)Nc2cc(C(Cl)C3COCCO3)ccc2N1. The van der Waals surface area contributed by atoms with Gasteiger partial charge in [0.2, 0.25) is 11.8 Å². The monoisotopic (exact) mass is 310 g/mol. The van der Waals surface area contributed by atoms with Gasteiger partial charge in [0.25, 0.3) is 0 Å². The van der Waals surface area contributed by atoms with Crippen molar-refractivity contribution in [1.29, 1.82) is 0 Å². The number of halogens is 1. The van der Waals surface area contributed by atoms with Crippen LogP contribution >= 0.6 is 11.6 Å². The fourth-order valence-electron chi connectivity index (χ4n) is 2.37. The molecule has 2 N–H and O–H groups in total. The van der Waals surface area contributed by atoms with Gasteiger partial charge in [0, 0.05) is 0 Å². The van der Waals surface area contributed by atoms with Crippen LogP contribution in [0, 0.1) is 0 Å². The summed E-state index contributed by atoms with van der Waals surface area (Å²) in [6.07, 6.45) is -0.414. The fourth-order valence-corrected chi connectivity index (χ4v) is 2.65. The zero-order chi connectivity index (χ0) is 14.8. The zero-order valence-electron chi connectivity index (χ0n) is 11.2. The standard InChI is InChI=1S/C14H15ClN2O4/c15-14(11-7-20-3-4-21-11)8-1-2-9-10(5-8)17-13(19)6-12(18)16-9/h1-2,5,11,14H,3-4,6-7H2,(H,16,18)(H,17,19). The highest BCUT2D eigenvalue weighted by Crippen LogP contribution is 2.33. The third kappa shape index (κ3) is 3.18. The summed E-state index contributed by atoms with van der Waals surface area (Å²) in [5.74, 6) is -0.669. The molecule has 112 valence electrons. The molecule has 0 bridgehead atoms. The summed E-state index contributed by atoms with van der Waals surface area (Å²) in [7, 11) is 0. The quantitative estimate of drug-likeness (QED) is 0.643. The van der Waals surface area contributed by atoms with E-state index in [2.05, 4.69) is 10.6 Å². The third-order valence-corrected chi connectivity index (χ3v) is 3.93. The summed E-state index contributed by atoms with van der Waals surface area (Å²) in [6.45, 7) is 1.53. The average molecular weight is 311 g/mol. The number of rotatable bonds is 2. The number of amides is 2. The molecule has 0 saturated carbocycles. The Labute approximate surface area is 126 Å². The van der Waals surface area contributed by atoms with Crippen molar-refractivity contribution < 1.29 is 19.1 Å². The highest BCUT2D eigenvalue weighted by atomic mass is 35.5. The van der Waals surface area contributed by atoms with Crippen LogP contribution in [0.5, 0.6) is 0 Å². The zero-order valence-corrected chi connectivity index (χ0v) is 12.0. The van der Waals surface area contributed by atoms with Crippen molar-refractivity contribution in [2.45, 2.75) is 17.9 Å². The largest absolute Gasteiger partial charge is 0.376 e. The number of fused-ring (bicyclic) bond motifs is 1. The van der Waals surface area contributed by atoms with Crippen molar-refractivity contribution in [1.82, 2.24) is 0 Å². The fraction of sp³-hybridized carbons (Fsp3) is 0.429. The van der Waals surface area contributed by atoms with Crippen LogP contribution in [-0.2, 0) is 19.1 Å². The van der Waals surface area contributed by atoms with Gasteiger partial charge >= 0.3 is 0 Å². The first-order chi connectivity index (χ1) is 10.1. The molecule has 1 fully saturated rings. The molecule has 1 aromatic carbocycles. The molecule has 0 aliphatic carbocycles. The summed E-state index contributed by atoms with van der Waals surface area (Å²) in [4.78, 5) is 23.1. The number of carbonyl (C=O) groups excluding carboxylic acids is 2. The van der Waals surface area contributed by atoms with Gasteiger partial charge in [0.15, 0.2) is 0 Å². The van der Waals surface area contributed by atoms with Crippen LogP contribution in [0.1, 0.15) is 17.4 Å². The van der Waals surface area contributed by atoms with Gasteiger partial charge in [-0.2, -0.15) is 0 Å². The van der Waals surface area contributed by atoms with Crippen molar-refractivity contribution >= 4 is 34.8 Å². The van der Waals surface area contributed by atoms with Crippen molar-refractivity contribution in [2.75, 3.05) is 30.5 Å². The van der Waals surface area contributed by atoms with Gasteiger partial charge in [0.1, 0.15) is 12.5 Å². The van der Waals surface area contributed by atoms with E-state index in [0.29, 0.717) is 31.2 Å². The summed E-state index contributed by atoms with van der Waals surface area (Å²) in [5.41, 5.74) is 1.92. The normalized spacial score (nSPS) is 23.6. The van der Waals surface area contributed by atoms with E-state index in [1.165, 1.54) is 0 Å². The van der Waals surface area contributed by atoms with E-state index in [-0.39, 0.29) is 29.7 Å². The molecule has 0 spiro atoms. The highest BCUT2D eigenvalue weighted by molar-refractivity contribution is 6.21. The van der Waals surface area contributed by atoms with Crippen LogP contribution in [0.15, 0.2) is 18.2 Å². The Kier molecular flexibility index (Phi) is 4.10. The summed E-state index contributed by atoms with van der Waals surface area (Å²) < 4.78 is 10.9. The van der Waals surface area contributed by atoms with Crippen LogP contribution in [0.25, 0.3) is 0 Å². The first-order valence-corrected chi connectivity index (χ1v) is 7.14. The molecule has 2 atom stereocenters. The number of carbonyl (C=O) groups is 2. The topological polar surface area (TPSA) is 76.7 Å². The van der Waals surface area contributed by atoms with Crippen LogP contribution < -0.4 is 10.6 Å². The van der Waals surface area contributed by atoms with E-state index in [9.17, 15) is 9.59 Å². The minimum Gasteiger partial charge on any atom is -0.376 e. The average Bonchev–Trinajstić information content (AvgIpc) is 2.63. The summed E-state index contributed by atoms with van der Waals surface area (Å²) >= 11 is 6.43. The van der Waals surface area contributed by atoms with Gasteiger partial charge < -0.3 is 20.1 Å². The second-order valence-corrected chi connectivity index (χ2v) is 5.43. The second kappa shape index (κ2) is 6.01. The number of anilines is 2. The Bertz CT molecular complexity index is 572. The predicted molar refractivity (Wildman–Crippen MR) is 77.5 cm³/mol. The molecule has 2 aliphatic rings. The van der Waals surface area contributed by atoms with Crippen molar-refractivity contribution in [3.63, 3.8) is 0 Å². The van der Waals surface area contributed by atoms with E-state index in [1.807, 2.05) is 6.07 Å². The van der Waals surface area contributed by atoms with E-state index < -0.39 is 0 Å². The second-order valence-electron chi connectivity index (χ2n) is 4.96. The molecule has 1 aromatic rings. The minimum absolute atomic E-state index is 0.187. The maximum absolute atomic E-state index is 11.6. The molecule has 2 aliphatic heterocycles. The molecule has 7 heteroatoms. The van der Waals surface area contributed by atoms with E-state index in [0.717, 1.165) is 5.56 Å². The highest BCUT2D eigenvalue weighted by Gasteiger charge is 2.26. The number of alkyl halides is 1. The smallest absolute Gasteiger partial charge is 0.233 e. The van der Waals surface area contributed by atoms with Gasteiger partial charge in [-0.1, -0.05) is 6.07 Å². The Morgan fingerprint density at radius 3 is 2.62 bits per heavy atom. The van der Waals surface area contributed by atoms with Gasteiger partial charge in [-0.25, -0.2) is 0 Å². The van der Waals surface area contributed by atoms with E-state index >= 15 is 0 Å². The van der Waals surface area contributed by atoms with Crippen LogP contribution in [-0.4, -0.2) is 37.7 Å². The van der Waals surface area contributed by atoms with Gasteiger partial charge in [-0.05, 0) is 17.7 Å². The molecule has 2 heterocycles. The van der Waals surface area contributed by atoms with E-state index in [4.69, 9.17) is 21.1 Å². The number of ether oxygens (including phenoxy) is 2. The summed E-state index contributed by atoms with van der Waals surface area (Å²) in [5, 5.41) is 4.99. The molecule has 1 saturated heterocycles. The number of nitrogens with one attached hydrogen (secondary N) is 2. The summed E-state index contributed by atoms with van der Waals surface area (Å²) in [6, 6.07) is 5.30. The molecule has 2 amide bonds. The maximum Gasteiger partial charge on any atom is 0.233 e. The first-order valence-electron chi connectivity index (χ1n) is 6.70. The lowest BCUT2D eigenvalue weighted by molar-refractivity contribution is -0.123. The Morgan fingerprint density at radius 1 is 1.14 bits per heavy atom. The van der Waals surface area contributed by atoms with Crippen LogP contribution in [0.4, 0.5) is 11.4 Å². The lowest BCUT2D eigenvalue weighted by Crippen LogP contribution is -2.31. The molecule has 0 radical (unpaired) electrons. The lowest BCUT2D eigenvalue weighted by Gasteiger charge is -2.27. The molecule has 3 rings (SSSR count). The Morgan fingerprint density at radius 2 is 1.90 bits per heavy atom. The van der Waals surface area contributed by atoms with Gasteiger partial charge in [0.05, 0.1) is 36.6 Å². The molecular formula is C14H15ClN2O4. The molecule has 0 aromatic heterocycles. The van der Waals surface area contributed by atoms with Crippen molar-refractivity contribution in [2.24, 2.45) is 0 Å². The third-order valence-electron chi connectivity index (χ3n) is 3.40. The Hall–Kier alpha value is -1.63. The van der Waals surface area contributed by atoms with Crippen LogP contribution in [0.2, 0.25) is 0 Å². The number of hydrogen-bond acceptors (Lipinski definition) is 4. The maximum atomic E-state index is 11.6. The predicted octanol–water partition coefficient (Wildman–Crippen LogP) is 1.66. The lowest BCUT2D eigenvalue weighted by atomic mass is 10.1. The molecule has 21 heavy (non-hydrogen) atoms. The molecule has 2 unspecified atom stereocenters. The number of hydrogen-bond donors (Lipinski definition) is 2. The minimum atomic E-state index is -0.383. The van der Waals surface area contributed by atoms with Gasteiger partial charge in [-0.15, -0.1) is 11.6 Å². The van der Waals surface area contributed by atoms with Gasteiger partial charge in [-0.3, -0.25) is 9.59 Å². The molecular weight excluding hydrogens is 296 g/mol. The number of benzene rings is 1. The first kappa shape index (κ1) is 14.3.